The SMILES string of the molecule is C[C@H](NC(=O)CNC(=O)[C@H](C)NC(=O)OCC1c2ccccc2-c2ccccc21)C(=O)N[C@@H](C)C(=O)N[C@H](C)C(=O)N[C@H](C)C(=O)O. The van der Waals surface area contributed by atoms with Crippen molar-refractivity contribution in [2.24, 2.45) is 0 Å². The van der Waals surface area contributed by atoms with E-state index in [9.17, 15) is 33.6 Å². The van der Waals surface area contributed by atoms with Crippen LogP contribution in [0.5, 0.6) is 0 Å². The molecule has 0 bridgehead atoms. The van der Waals surface area contributed by atoms with Gasteiger partial charge in [0.05, 0.1) is 6.54 Å². The van der Waals surface area contributed by atoms with Gasteiger partial charge in [0.1, 0.15) is 36.8 Å². The van der Waals surface area contributed by atoms with E-state index >= 15 is 0 Å². The zero-order valence-corrected chi connectivity index (χ0v) is 26.7. The molecule has 6 amide bonds. The molecule has 7 N–H and O–H groups in total. The Bertz CT molecular complexity index is 1480. The zero-order chi connectivity index (χ0) is 34.8. The van der Waals surface area contributed by atoms with E-state index in [0.29, 0.717) is 0 Å². The Morgan fingerprint density at radius 1 is 0.617 bits per heavy atom. The van der Waals surface area contributed by atoms with Crippen molar-refractivity contribution in [2.45, 2.75) is 70.7 Å². The number of carboxylic acids is 1. The van der Waals surface area contributed by atoms with Crippen LogP contribution in [-0.4, -0.2) is 90.1 Å². The Labute approximate surface area is 271 Å². The van der Waals surface area contributed by atoms with Gasteiger partial charge in [-0.2, -0.15) is 0 Å². The standard InChI is InChI=1S/C32H40N6O9/c1-16(38-32(46)47-15-25-23-12-8-6-10-21(23)22-11-7-9-13-24(22)25)27(40)33-14-26(39)34-17(2)28(41)35-18(3)29(42)36-19(4)30(43)37-20(5)31(44)45/h6-13,16-20,25H,14-15H2,1-5H3,(H,33,40)(H,34,39)(H,35,41)(H,36,42)(H,37,43)(H,38,46)(H,44,45)/t16-,17-,18-,19+,20+/m0/s1. The predicted octanol–water partition coefficient (Wildman–Crippen LogP) is 0.133. The Morgan fingerprint density at radius 3 is 1.53 bits per heavy atom. The molecule has 0 spiro atoms. The summed E-state index contributed by atoms with van der Waals surface area (Å²) in [6.45, 7) is 6.34. The predicted molar refractivity (Wildman–Crippen MR) is 169 cm³/mol. The van der Waals surface area contributed by atoms with Crippen LogP contribution in [0.4, 0.5) is 4.79 Å². The van der Waals surface area contributed by atoms with Gasteiger partial charge in [-0.1, -0.05) is 48.5 Å². The van der Waals surface area contributed by atoms with E-state index in [0.717, 1.165) is 22.3 Å². The summed E-state index contributed by atoms with van der Waals surface area (Å²) in [5.41, 5.74) is 4.25. The van der Waals surface area contributed by atoms with Crippen LogP contribution in [0, 0.1) is 0 Å². The van der Waals surface area contributed by atoms with Crippen LogP contribution in [0.3, 0.4) is 0 Å². The summed E-state index contributed by atoms with van der Waals surface area (Å²) < 4.78 is 5.45. The number of carboxylic acid groups (broad SMARTS) is 1. The van der Waals surface area contributed by atoms with Gasteiger partial charge in [0.15, 0.2) is 0 Å². The first kappa shape index (κ1) is 36.0. The molecule has 1 aliphatic carbocycles. The fraction of sp³-hybridized carbons (Fsp3) is 0.406. The molecule has 0 fully saturated rings. The number of benzene rings is 2. The molecule has 15 nitrogen and oxygen atoms in total. The third-order valence-corrected chi connectivity index (χ3v) is 7.50. The van der Waals surface area contributed by atoms with Crippen LogP contribution in [0.25, 0.3) is 11.1 Å². The molecule has 5 atom stereocenters. The molecular weight excluding hydrogens is 612 g/mol. The highest BCUT2D eigenvalue weighted by Gasteiger charge is 2.30. The van der Waals surface area contributed by atoms with Crippen LogP contribution in [0.2, 0.25) is 0 Å². The van der Waals surface area contributed by atoms with Crippen molar-refractivity contribution < 1.29 is 43.4 Å². The van der Waals surface area contributed by atoms with E-state index in [1.54, 1.807) is 0 Å². The lowest BCUT2D eigenvalue weighted by molar-refractivity contribution is -0.141. The van der Waals surface area contributed by atoms with Gasteiger partial charge >= 0.3 is 12.1 Å². The molecule has 3 rings (SSSR count). The number of nitrogens with one attached hydrogen (secondary N) is 6. The van der Waals surface area contributed by atoms with E-state index in [1.807, 2.05) is 48.5 Å². The van der Waals surface area contributed by atoms with E-state index in [-0.39, 0.29) is 12.5 Å². The number of carbonyl (C=O) groups excluding carboxylic acids is 6. The quantitative estimate of drug-likeness (QED) is 0.147. The Balaban J connectivity index is 1.37. The fourth-order valence-corrected chi connectivity index (χ4v) is 4.77. The molecule has 252 valence electrons. The Kier molecular flexibility index (Phi) is 12.4. The second-order valence-corrected chi connectivity index (χ2v) is 11.2. The highest BCUT2D eigenvalue weighted by Crippen LogP contribution is 2.44. The highest BCUT2D eigenvalue weighted by atomic mass is 16.5. The van der Waals surface area contributed by atoms with Crippen LogP contribution < -0.4 is 31.9 Å². The molecular formula is C32H40N6O9. The first-order valence-electron chi connectivity index (χ1n) is 15.0. The number of alkyl carbamates (subject to hydrolysis) is 1. The first-order chi connectivity index (χ1) is 22.2. The fourth-order valence-electron chi connectivity index (χ4n) is 4.77. The van der Waals surface area contributed by atoms with Gasteiger partial charge in [-0.05, 0) is 56.9 Å². The van der Waals surface area contributed by atoms with Gasteiger partial charge in [-0.3, -0.25) is 28.8 Å². The number of amides is 6. The smallest absolute Gasteiger partial charge is 0.407 e. The van der Waals surface area contributed by atoms with Crippen LogP contribution >= 0.6 is 0 Å². The molecule has 0 saturated carbocycles. The van der Waals surface area contributed by atoms with Gasteiger partial charge in [-0.25, -0.2) is 4.79 Å². The lowest BCUT2D eigenvalue weighted by atomic mass is 9.98. The topological polar surface area (TPSA) is 221 Å². The van der Waals surface area contributed by atoms with Crippen LogP contribution in [-0.2, 0) is 33.5 Å². The summed E-state index contributed by atoms with van der Waals surface area (Å²) in [4.78, 5) is 85.1. The summed E-state index contributed by atoms with van der Waals surface area (Å²) in [5.74, 6) is -4.91. The summed E-state index contributed by atoms with van der Waals surface area (Å²) in [6.07, 6.45) is -0.799. The van der Waals surface area contributed by atoms with Crippen LogP contribution in [0.1, 0.15) is 51.7 Å². The average Bonchev–Trinajstić information content (AvgIpc) is 3.35. The Morgan fingerprint density at radius 2 is 1.04 bits per heavy atom. The lowest BCUT2D eigenvalue weighted by Gasteiger charge is -2.21. The molecule has 1 aliphatic rings. The molecule has 0 aliphatic heterocycles. The second kappa shape index (κ2) is 16.2. The highest BCUT2D eigenvalue weighted by molar-refractivity contribution is 5.95. The third kappa shape index (κ3) is 9.76. The number of hydrogen-bond donors (Lipinski definition) is 7. The molecule has 0 saturated heterocycles. The molecule has 15 heteroatoms. The maximum absolute atomic E-state index is 12.5. The molecule has 47 heavy (non-hydrogen) atoms. The number of rotatable bonds is 14. The number of fused-ring (bicyclic) bond motifs is 3. The lowest BCUT2D eigenvalue weighted by Crippen LogP contribution is -2.56. The Hall–Kier alpha value is -5.47. The monoisotopic (exact) mass is 652 g/mol. The van der Waals surface area contributed by atoms with Crippen LogP contribution in [0.15, 0.2) is 48.5 Å². The van der Waals surface area contributed by atoms with Crippen molar-refractivity contribution in [1.29, 1.82) is 0 Å². The third-order valence-electron chi connectivity index (χ3n) is 7.50. The van der Waals surface area contributed by atoms with Gasteiger partial charge < -0.3 is 41.7 Å². The first-order valence-corrected chi connectivity index (χ1v) is 15.0. The van der Waals surface area contributed by atoms with Gasteiger partial charge in [0.2, 0.25) is 29.5 Å². The van der Waals surface area contributed by atoms with E-state index in [4.69, 9.17) is 9.84 Å². The van der Waals surface area contributed by atoms with Crippen molar-refractivity contribution >= 4 is 41.6 Å². The van der Waals surface area contributed by atoms with Gasteiger partial charge in [0.25, 0.3) is 0 Å². The van der Waals surface area contributed by atoms with Crippen molar-refractivity contribution in [3.05, 3.63) is 59.7 Å². The summed E-state index contributed by atoms with van der Waals surface area (Å²) >= 11 is 0. The summed E-state index contributed by atoms with van der Waals surface area (Å²) in [6, 6.07) is 10.3. The molecule has 2 aromatic carbocycles. The minimum absolute atomic E-state index is 0.0667. The second-order valence-electron chi connectivity index (χ2n) is 11.2. The average molecular weight is 653 g/mol. The number of ether oxygens (including phenoxy) is 1. The molecule has 0 unspecified atom stereocenters. The van der Waals surface area contributed by atoms with Gasteiger partial charge in [-0.15, -0.1) is 0 Å². The maximum atomic E-state index is 12.5. The minimum Gasteiger partial charge on any atom is -0.480 e. The molecule has 0 aromatic heterocycles. The number of carbonyl (C=O) groups is 7. The molecule has 2 aromatic rings. The van der Waals surface area contributed by atoms with E-state index in [2.05, 4.69) is 31.9 Å². The van der Waals surface area contributed by atoms with E-state index < -0.39 is 78.4 Å². The van der Waals surface area contributed by atoms with Crippen molar-refractivity contribution in [3.63, 3.8) is 0 Å². The van der Waals surface area contributed by atoms with Gasteiger partial charge in [0, 0.05) is 5.92 Å². The van der Waals surface area contributed by atoms with Crippen molar-refractivity contribution in [3.8, 4) is 11.1 Å². The zero-order valence-electron chi connectivity index (χ0n) is 26.7. The van der Waals surface area contributed by atoms with Crippen molar-refractivity contribution in [1.82, 2.24) is 31.9 Å². The number of hydrogen-bond acceptors (Lipinski definition) is 8. The minimum atomic E-state index is -1.24. The van der Waals surface area contributed by atoms with E-state index in [1.165, 1.54) is 34.6 Å². The number of aliphatic carboxylic acids is 1. The summed E-state index contributed by atoms with van der Waals surface area (Å²) in [7, 11) is 0. The normalized spacial score (nSPS) is 14.8. The molecule has 0 heterocycles. The molecule has 0 radical (unpaired) electrons. The largest absolute Gasteiger partial charge is 0.480 e. The van der Waals surface area contributed by atoms with Crippen molar-refractivity contribution in [2.75, 3.05) is 13.2 Å². The maximum Gasteiger partial charge on any atom is 0.407 e. The summed E-state index contributed by atoms with van der Waals surface area (Å²) in [5, 5.41) is 23.1.